The number of sulfonamides is 1. The first-order valence-corrected chi connectivity index (χ1v) is 10.4. The highest BCUT2D eigenvalue weighted by molar-refractivity contribution is 7.89. The molecule has 2 heterocycles. The zero-order chi connectivity index (χ0) is 18.7. The molecule has 140 valence electrons. The van der Waals surface area contributed by atoms with E-state index in [1.54, 1.807) is 25.3 Å². The molecule has 6 nitrogen and oxygen atoms in total. The number of aromatic amines is 1. The highest BCUT2D eigenvalue weighted by Gasteiger charge is 2.40. The number of hydrogen-bond acceptors (Lipinski definition) is 3. The van der Waals surface area contributed by atoms with Gasteiger partial charge in [-0.2, -0.15) is 4.31 Å². The third kappa shape index (κ3) is 3.79. The predicted molar refractivity (Wildman–Crippen MR) is 100 cm³/mol. The third-order valence-corrected chi connectivity index (χ3v) is 6.90. The summed E-state index contributed by atoms with van der Waals surface area (Å²) in [6, 6.07) is 8.39. The molecule has 2 aromatic rings. The molecule has 0 aliphatic carbocycles. The lowest BCUT2D eigenvalue weighted by atomic mass is 10.1. The number of nitrogens with zero attached hydrogens (tertiary/aromatic N) is 1. The SMILES string of the molecule is CC(c1ccc[nH]1)N(C1CCCCNC1=O)S(=O)(=O)c1ccc(Cl)cc1. The van der Waals surface area contributed by atoms with E-state index in [9.17, 15) is 13.2 Å². The molecule has 1 aliphatic heterocycles. The number of rotatable bonds is 5. The molecule has 1 aromatic carbocycles. The minimum Gasteiger partial charge on any atom is -0.364 e. The first-order valence-electron chi connectivity index (χ1n) is 8.61. The number of amides is 1. The quantitative estimate of drug-likeness (QED) is 0.816. The van der Waals surface area contributed by atoms with Crippen molar-refractivity contribution in [2.45, 2.75) is 43.2 Å². The van der Waals surface area contributed by atoms with Gasteiger partial charge in [-0.25, -0.2) is 8.42 Å². The van der Waals surface area contributed by atoms with Crippen LogP contribution in [0.4, 0.5) is 0 Å². The second-order valence-corrected chi connectivity index (χ2v) is 8.67. The zero-order valence-electron chi connectivity index (χ0n) is 14.5. The summed E-state index contributed by atoms with van der Waals surface area (Å²) in [5.41, 5.74) is 0.736. The van der Waals surface area contributed by atoms with E-state index in [-0.39, 0.29) is 10.8 Å². The van der Waals surface area contributed by atoms with E-state index in [1.807, 2.05) is 12.1 Å². The maximum atomic E-state index is 13.4. The van der Waals surface area contributed by atoms with Gasteiger partial charge in [-0.05, 0) is 62.6 Å². The van der Waals surface area contributed by atoms with Crippen LogP contribution < -0.4 is 5.32 Å². The van der Waals surface area contributed by atoms with Crippen LogP contribution in [-0.4, -0.2) is 36.2 Å². The van der Waals surface area contributed by atoms with Gasteiger partial charge in [-0.1, -0.05) is 11.6 Å². The van der Waals surface area contributed by atoms with E-state index in [1.165, 1.54) is 16.4 Å². The van der Waals surface area contributed by atoms with Crippen LogP contribution >= 0.6 is 11.6 Å². The maximum Gasteiger partial charge on any atom is 0.244 e. The summed E-state index contributed by atoms with van der Waals surface area (Å²) >= 11 is 5.90. The summed E-state index contributed by atoms with van der Waals surface area (Å²) in [6.45, 7) is 2.36. The van der Waals surface area contributed by atoms with Crippen LogP contribution in [0.5, 0.6) is 0 Å². The highest BCUT2D eigenvalue weighted by Crippen LogP contribution is 2.32. The molecule has 0 spiro atoms. The van der Waals surface area contributed by atoms with Gasteiger partial charge in [0.25, 0.3) is 0 Å². The van der Waals surface area contributed by atoms with E-state index < -0.39 is 22.1 Å². The molecule has 8 heteroatoms. The normalized spacial score (nSPS) is 19.8. The summed E-state index contributed by atoms with van der Waals surface area (Å²) in [5, 5.41) is 3.29. The Morgan fingerprint density at radius 1 is 1.19 bits per heavy atom. The largest absolute Gasteiger partial charge is 0.364 e. The molecular formula is C18H22ClN3O3S. The van der Waals surface area contributed by atoms with Gasteiger partial charge in [-0.15, -0.1) is 0 Å². The van der Waals surface area contributed by atoms with Crippen molar-refractivity contribution in [2.75, 3.05) is 6.54 Å². The Morgan fingerprint density at radius 2 is 1.92 bits per heavy atom. The smallest absolute Gasteiger partial charge is 0.244 e. The fraction of sp³-hybridized carbons (Fsp3) is 0.389. The Bertz CT molecular complexity index is 850. The summed E-state index contributed by atoms with van der Waals surface area (Å²) in [4.78, 5) is 15.8. The minimum absolute atomic E-state index is 0.123. The molecule has 1 saturated heterocycles. The van der Waals surface area contributed by atoms with Gasteiger partial charge < -0.3 is 10.3 Å². The van der Waals surface area contributed by atoms with E-state index in [0.717, 1.165) is 18.5 Å². The lowest BCUT2D eigenvalue weighted by Crippen LogP contribution is -2.49. The van der Waals surface area contributed by atoms with Crippen molar-refractivity contribution in [1.82, 2.24) is 14.6 Å². The number of carbonyl (C=O) groups is 1. The summed E-state index contributed by atoms with van der Waals surface area (Å²) < 4.78 is 28.2. The molecule has 1 fully saturated rings. The summed E-state index contributed by atoms with van der Waals surface area (Å²) in [5.74, 6) is -0.251. The van der Waals surface area contributed by atoms with Crippen LogP contribution in [0.25, 0.3) is 0 Å². The van der Waals surface area contributed by atoms with E-state index in [4.69, 9.17) is 11.6 Å². The molecule has 0 radical (unpaired) electrons. The van der Waals surface area contributed by atoms with Crippen molar-refractivity contribution in [3.05, 3.63) is 53.3 Å². The minimum atomic E-state index is -3.90. The van der Waals surface area contributed by atoms with Crippen molar-refractivity contribution in [1.29, 1.82) is 0 Å². The van der Waals surface area contributed by atoms with Gasteiger partial charge in [0.05, 0.1) is 10.9 Å². The second-order valence-electron chi connectivity index (χ2n) is 6.39. The van der Waals surface area contributed by atoms with E-state index in [0.29, 0.717) is 18.0 Å². The predicted octanol–water partition coefficient (Wildman–Crippen LogP) is 3.09. The Kier molecular flexibility index (Phi) is 5.70. The number of nitrogens with one attached hydrogen (secondary N) is 2. The number of aromatic nitrogens is 1. The van der Waals surface area contributed by atoms with Crippen LogP contribution in [0.15, 0.2) is 47.5 Å². The lowest BCUT2D eigenvalue weighted by Gasteiger charge is -2.33. The zero-order valence-corrected chi connectivity index (χ0v) is 16.1. The fourth-order valence-corrected chi connectivity index (χ4v) is 5.20. The Hall–Kier alpha value is -1.83. The molecule has 2 unspecified atom stereocenters. The van der Waals surface area contributed by atoms with Gasteiger partial charge in [-0.3, -0.25) is 4.79 Å². The van der Waals surface area contributed by atoms with Crippen LogP contribution in [0, 0.1) is 0 Å². The van der Waals surface area contributed by atoms with Gasteiger partial charge in [0.1, 0.15) is 6.04 Å². The van der Waals surface area contributed by atoms with Crippen molar-refractivity contribution < 1.29 is 13.2 Å². The van der Waals surface area contributed by atoms with Crippen molar-refractivity contribution in [3.63, 3.8) is 0 Å². The van der Waals surface area contributed by atoms with Gasteiger partial charge >= 0.3 is 0 Å². The Balaban J connectivity index is 2.07. The molecule has 1 amide bonds. The molecule has 26 heavy (non-hydrogen) atoms. The number of hydrogen-bond donors (Lipinski definition) is 2. The fourth-order valence-electron chi connectivity index (χ4n) is 3.28. The standard InChI is InChI=1S/C18H22ClN3O3S/c1-13(16-5-4-12-20-16)22(17-6-2-3-11-21-18(17)23)26(24,25)15-9-7-14(19)8-10-15/h4-5,7-10,12-13,17,20H,2-3,6,11H2,1H3,(H,21,23). The van der Waals surface area contributed by atoms with Crippen molar-refractivity contribution >= 4 is 27.5 Å². The number of carbonyl (C=O) groups excluding carboxylic acids is 1. The molecule has 1 aliphatic rings. The van der Waals surface area contributed by atoms with Crippen LogP contribution in [-0.2, 0) is 14.8 Å². The lowest BCUT2D eigenvalue weighted by molar-refractivity contribution is -0.125. The monoisotopic (exact) mass is 395 g/mol. The summed E-state index contributed by atoms with van der Waals surface area (Å²) in [6.07, 6.45) is 3.86. The average molecular weight is 396 g/mol. The third-order valence-electron chi connectivity index (χ3n) is 4.66. The molecule has 3 rings (SSSR count). The van der Waals surface area contributed by atoms with Crippen LogP contribution in [0.1, 0.15) is 37.9 Å². The van der Waals surface area contributed by atoms with E-state index >= 15 is 0 Å². The Morgan fingerprint density at radius 3 is 2.58 bits per heavy atom. The van der Waals surface area contributed by atoms with Crippen molar-refractivity contribution in [3.8, 4) is 0 Å². The molecule has 0 bridgehead atoms. The van der Waals surface area contributed by atoms with Crippen LogP contribution in [0.2, 0.25) is 5.02 Å². The molecule has 0 saturated carbocycles. The van der Waals surface area contributed by atoms with Crippen molar-refractivity contribution in [2.24, 2.45) is 0 Å². The van der Waals surface area contributed by atoms with Gasteiger partial charge in [0.2, 0.25) is 15.9 Å². The number of H-pyrrole nitrogens is 1. The highest BCUT2D eigenvalue weighted by atomic mass is 35.5. The first-order chi connectivity index (χ1) is 12.4. The Labute approximate surface area is 158 Å². The van der Waals surface area contributed by atoms with E-state index in [2.05, 4.69) is 10.3 Å². The molecular weight excluding hydrogens is 374 g/mol. The second kappa shape index (κ2) is 7.82. The number of halogens is 1. The molecule has 2 atom stereocenters. The molecule has 2 N–H and O–H groups in total. The first kappa shape index (κ1) is 18.9. The maximum absolute atomic E-state index is 13.4. The van der Waals surface area contributed by atoms with Gasteiger partial charge in [0.15, 0.2) is 0 Å². The van der Waals surface area contributed by atoms with Crippen LogP contribution in [0.3, 0.4) is 0 Å². The average Bonchev–Trinajstić information content (AvgIpc) is 3.07. The van der Waals surface area contributed by atoms with Gasteiger partial charge in [0, 0.05) is 23.5 Å². The number of benzene rings is 1. The topological polar surface area (TPSA) is 82.3 Å². The summed E-state index contributed by atoms with van der Waals surface area (Å²) in [7, 11) is -3.90. The molecule has 1 aromatic heterocycles.